The van der Waals surface area contributed by atoms with Crippen LogP contribution in [-0.4, -0.2) is 40.0 Å². The van der Waals surface area contributed by atoms with Crippen LogP contribution in [0.5, 0.6) is 0 Å². The van der Waals surface area contributed by atoms with Crippen molar-refractivity contribution in [1.29, 1.82) is 0 Å². The van der Waals surface area contributed by atoms with Crippen molar-refractivity contribution in [2.75, 3.05) is 14.1 Å². The van der Waals surface area contributed by atoms with Crippen LogP contribution >= 0.6 is 0 Å². The van der Waals surface area contributed by atoms with Crippen molar-refractivity contribution in [2.24, 2.45) is 0 Å². The normalized spacial score (nSPS) is 19.2. The topological polar surface area (TPSA) is 3.24 Å². The average Bonchev–Trinajstić information content (AvgIpc) is 2.92. The Balaban J connectivity index is 1.80. The molecule has 0 bridgehead atoms. The molecule has 20 heavy (non-hydrogen) atoms. The zero-order valence-electron chi connectivity index (χ0n) is 12.4. The molecule has 0 aliphatic heterocycles. The van der Waals surface area contributed by atoms with Gasteiger partial charge in [-0.3, -0.25) is 0 Å². The van der Waals surface area contributed by atoms with E-state index in [2.05, 4.69) is 87.7 Å². The molecule has 1 fully saturated rings. The van der Waals surface area contributed by atoms with E-state index < -0.39 is 0 Å². The van der Waals surface area contributed by atoms with Crippen molar-refractivity contribution in [2.45, 2.75) is 18.3 Å². The summed E-state index contributed by atoms with van der Waals surface area (Å²) in [5, 5.41) is 1.15. The summed E-state index contributed by atoms with van der Waals surface area (Å²) in [6.45, 7) is 2.27. The molecule has 0 aromatic heterocycles. The molecule has 1 aromatic carbocycles. The van der Waals surface area contributed by atoms with Gasteiger partial charge in [0.25, 0.3) is 0 Å². The van der Waals surface area contributed by atoms with E-state index >= 15 is 0 Å². The van der Waals surface area contributed by atoms with Gasteiger partial charge in [0.2, 0.25) is 0 Å². The minimum absolute atomic E-state index is 0.500. The summed E-state index contributed by atoms with van der Waals surface area (Å²) in [5.74, 6) is 1.49. The number of rotatable bonds is 6. The molecule has 1 aliphatic carbocycles. The van der Waals surface area contributed by atoms with Gasteiger partial charge in [0.15, 0.2) is 0 Å². The third-order valence-electron chi connectivity index (χ3n) is 3.48. The second-order valence-electron chi connectivity index (χ2n) is 5.11. The Kier molecular flexibility index (Phi) is 6.35. The van der Waals surface area contributed by atoms with E-state index in [-0.39, 0.29) is 0 Å². The molecule has 2 heteroatoms. The van der Waals surface area contributed by atoms with Gasteiger partial charge >= 0.3 is 130 Å². The average molecular weight is 331 g/mol. The first-order valence-corrected chi connectivity index (χ1v) is 9.01. The van der Waals surface area contributed by atoms with Crippen molar-refractivity contribution in [3.05, 3.63) is 72.0 Å². The van der Waals surface area contributed by atoms with Gasteiger partial charge in [-0.05, 0) is 0 Å². The number of nitrogens with zero attached hydrogens (tertiary/aromatic N) is 1. The Morgan fingerprint density at radius 3 is 2.60 bits per heavy atom. The summed E-state index contributed by atoms with van der Waals surface area (Å²) < 4.78 is 0. The quantitative estimate of drug-likeness (QED) is 0.721. The molecule has 2 rings (SSSR count). The van der Waals surface area contributed by atoms with Crippen LogP contribution in [0.1, 0.15) is 12.5 Å². The van der Waals surface area contributed by atoms with Crippen molar-refractivity contribution < 1.29 is 0 Å². The van der Waals surface area contributed by atoms with E-state index in [1.807, 2.05) is 0 Å². The zero-order valence-corrected chi connectivity index (χ0v) is 14.1. The molecule has 1 aliphatic rings. The molecule has 105 valence electrons. The van der Waals surface area contributed by atoms with Crippen molar-refractivity contribution in [3.63, 3.8) is 0 Å². The number of benzene rings is 1. The maximum absolute atomic E-state index is 2.30. The summed E-state index contributed by atoms with van der Waals surface area (Å²) in [7, 11) is 4.29. The van der Waals surface area contributed by atoms with E-state index in [0.717, 1.165) is 5.32 Å². The molecule has 0 spiro atoms. The Hall–Kier alpha value is -0.561. The Labute approximate surface area is 130 Å². The molecule has 0 amide bonds. The predicted octanol–water partition coefficient (Wildman–Crippen LogP) is 3.51. The molecule has 0 N–H and O–H groups in total. The Morgan fingerprint density at radius 1 is 1.15 bits per heavy atom. The van der Waals surface area contributed by atoms with Gasteiger partial charge in [-0.1, -0.05) is 0 Å². The molecule has 1 atom stereocenters. The van der Waals surface area contributed by atoms with Crippen LogP contribution in [-0.2, 0) is 0 Å². The number of hydrogen-bond donors (Lipinski definition) is 0. The van der Waals surface area contributed by atoms with Crippen molar-refractivity contribution >= 4 is 21.0 Å². The molecule has 5 radical (unpaired) electrons. The van der Waals surface area contributed by atoms with Gasteiger partial charge in [0.05, 0.1) is 0 Å². The van der Waals surface area contributed by atoms with E-state index in [9.17, 15) is 0 Å². The fourth-order valence-corrected chi connectivity index (χ4v) is 4.06. The van der Waals surface area contributed by atoms with E-state index in [1.165, 1.54) is 16.3 Å². The van der Waals surface area contributed by atoms with Crippen LogP contribution in [0.15, 0.2) is 36.4 Å². The van der Waals surface area contributed by atoms with Crippen LogP contribution in [0.25, 0.3) is 6.08 Å². The molecular weight excluding hydrogens is 309 g/mol. The first-order chi connectivity index (χ1) is 9.68. The standard InChI is InChI=1S/C18H22NSe/c1-15(19(2)3)17-12-7-13-18(17)20-14-8-11-16-9-5-4-6-10-16/h4-13,15H,14H2,1-3H3/b11-8-/t15-/m1/s1. The first-order valence-electron chi connectivity index (χ1n) is 6.95. The number of hydrogen-bond acceptors (Lipinski definition) is 1. The monoisotopic (exact) mass is 332 g/mol. The molecular formula is C18H22NSe. The molecule has 1 saturated carbocycles. The first kappa shape index (κ1) is 15.8. The Bertz CT molecular complexity index is 413. The van der Waals surface area contributed by atoms with Crippen LogP contribution in [0.3, 0.4) is 0 Å². The second kappa shape index (κ2) is 8.02. The maximum atomic E-state index is 2.30. The van der Waals surface area contributed by atoms with Gasteiger partial charge in [0.1, 0.15) is 0 Å². The third-order valence-corrected chi connectivity index (χ3v) is 5.66. The fourth-order valence-electron chi connectivity index (χ4n) is 2.06. The third kappa shape index (κ3) is 4.48. The van der Waals surface area contributed by atoms with Crippen LogP contribution < -0.4 is 0 Å². The molecule has 0 saturated heterocycles. The molecule has 0 heterocycles. The van der Waals surface area contributed by atoms with Crippen molar-refractivity contribution in [1.82, 2.24) is 4.90 Å². The van der Waals surface area contributed by atoms with Crippen LogP contribution in [0, 0.1) is 30.0 Å². The van der Waals surface area contributed by atoms with Gasteiger partial charge in [-0.25, -0.2) is 0 Å². The van der Waals surface area contributed by atoms with Gasteiger partial charge in [0, 0.05) is 0 Å². The molecule has 1 nitrogen and oxygen atoms in total. The summed E-state index contributed by atoms with van der Waals surface area (Å²) in [5.41, 5.74) is 1.28. The summed E-state index contributed by atoms with van der Waals surface area (Å²) >= 11 is 0.522. The fraction of sp³-hybridized carbons (Fsp3) is 0.278. The van der Waals surface area contributed by atoms with E-state index in [1.54, 1.807) is 0 Å². The SMILES string of the molecule is C[C@H]([C]1[CH][CH][CH][C]1[Se]C/C=C\c1ccccc1)N(C)C. The van der Waals surface area contributed by atoms with Crippen LogP contribution in [0.4, 0.5) is 0 Å². The van der Waals surface area contributed by atoms with Crippen LogP contribution in [0.2, 0.25) is 5.32 Å². The van der Waals surface area contributed by atoms with Crippen molar-refractivity contribution in [3.8, 4) is 0 Å². The van der Waals surface area contributed by atoms with E-state index in [0.29, 0.717) is 21.0 Å². The van der Waals surface area contributed by atoms with Gasteiger partial charge < -0.3 is 0 Å². The van der Waals surface area contributed by atoms with E-state index in [4.69, 9.17) is 0 Å². The zero-order chi connectivity index (χ0) is 14.4. The molecule has 0 unspecified atom stereocenters. The Morgan fingerprint density at radius 2 is 1.90 bits per heavy atom. The summed E-state index contributed by atoms with van der Waals surface area (Å²) in [6, 6.07) is 11.0. The predicted molar refractivity (Wildman–Crippen MR) is 88.6 cm³/mol. The van der Waals surface area contributed by atoms with Gasteiger partial charge in [-0.2, -0.15) is 0 Å². The summed E-state index contributed by atoms with van der Waals surface area (Å²) in [4.78, 5) is 3.81. The number of allylic oxidation sites excluding steroid dienone is 1. The second-order valence-corrected chi connectivity index (χ2v) is 7.34. The van der Waals surface area contributed by atoms with Gasteiger partial charge in [-0.15, -0.1) is 0 Å². The summed E-state index contributed by atoms with van der Waals surface area (Å²) in [6.07, 6.45) is 11.3. The minimum atomic E-state index is 0.500. The molecule has 1 aromatic rings.